The number of para-hydroxylation sites is 1. The van der Waals surface area contributed by atoms with Crippen molar-refractivity contribution >= 4 is 11.9 Å². The van der Waals surface area contributed by atoms with Gasteiger partial charge in [0, 0.05) is 13.0 Å². The van der Waals surface area contributed by atoms with Gasteiger partial charge in [-0.2, -0.15) is 0 Å². The van der Waals surface area contributed by atoms with Crippen molar-refractivity contribution in [2.24, 2.45) is 0 Å². The molecule has 0 radical (unpaired) electrons. The summed E-state index contributed by atoms with van der Waals surface area (Å²) in [6.07, 6.45) is -0.600. The minimum absolute atomic E-state index is 0.0696. The molecule has 6 nitrogen and oxygen atoms in total. The molecule has 1 aliphatic rings. The lowest BCUT2D eigenvalue weighted by atomic mass is 10.2. The Bertz CT molecular complexity index is 531. The zero-order valence-corrected chi connectivity index (χ0v) is 11.9. The zero-order chi connectivity index (χ0) is 15.4. The van der Waals surface area contributed by atoms with E-state index >= 15 is 0 Å². The molecule has 1 aromatic rings. The van der Waals surface area contributed by atoms with Gasteiger partial charge in [0.2, 0.25) is 5.91 Å². The van der Waals surface area contributed by atoms with Gasteiger partial charge in [0.05, 0.1) is 19.1 Å². The van der Waals surface area contributed by atoms with Crippen LogP contribution in [0.4, 0.5) is 0 Å². The Hall–Kier alpha value is -2.08. The fourth-order valence-electron chi connectivity index (χ4n) is 2.43. The number of likely N-dealkylation sites (tertiary alicyclic amines) is 1. The molecule has 1 aliphatic heterocycles. The summed E-state index contributed by atoms with van der Waals surface area (Å²) in [7, 11) is 0. The maximum atomic E-state index is 12.1. The summed E-state index contributed by atoms with van der Waals surface area (Å²) in [5.74, 6) is -0.686. The molecule has 1 heterocycles. The van der Waals surface area contributed by atoms with E-state index in [0.717, 1.165) is 5.56 Å². The van der Waals surface area contributed by atoms with Gasteiger partial charge in [-0.05, 0) is 18.6 Å². The zero-order valence-electron chi connectivity index (χ0n) is 11.9. The molecule has 1 amide bonds. The summed E-state index contributed by atoms with van der Waals surface area (Å²) in [5.41, 5.74) is 0.977. The molecule has 0 aromatic heterocycles. The quantitative estimate of drug-likeness (QED) is 0.839. The average molecular weight is 293 g/mol. The van der Waals surface area contributed by atoms with Crippen LogP contribution in [0, 0.1) is 6.92 Å². The van der Waals surface area contributed by atoms with Crippen LogP contribution >= 0.6 is 0 Å². The van der Waals surface area contributed by atoms with Gasteiger partial charge in [-0.15, -0.1) is 0 Å². The van der Waals surface area contributed by atoms with Crippen molar-refractivity contribution < 1.29 is 24.5 Å². The van der Waals surface area contributed by atoms with Crippen LogP contribution in [0.25, 0.3) is 0 Å². The molecule has 1 saturated heterocycles. The van der Waals surface area contributed by atoms with Gasteiger partial charge in [-0.25, -0.2) is 4.79 Å². The highest BCUT2D eigenvalue weighted by Crippen LogP contribution is 2.20. The van der Waals surface area contributed by atoms with Crippen molar-refractivity contribution in [2.45, 2.75) is 31.9 Å². The fraction of sp³-hybridized carbons (Fsp3) is 0.467. The van der Waals surface area contributed by atoms with Crippen molar-refractivity contribution in [3.8, 4) is 5.75 Å². The third-order valence-electron chi connectivity index (χ3n) is 3.55. The first-order valence-corrected chi connectivity index (χ1v) is 6.88. The minimum atomic E-state index is -1.08. The standard InChI is InChI=1S/C15H19NO5/c1-10-4-2-3-5-13(10)21-7-6-14(18)16-9-11(17)8-12(16)15(19)20/h2-5,11-12,17H,6-9H2,1H3,(H,19,20)/t11-,12-/m0/s1. The molecule has 2 atom stereocenters. The molecular formula is C15H19NO5. The summed E-state index contributed by atoms with van der Waals surface area (Å²) >= 11 is 0. The van der Waals surface area contributed by atoms with E-state index in [9.17, 15) is 14.7 Å². The number of carbonyl (C=O) groups is 2. The van der Waals surface area contributed by atoms with Crippen molar-refractivity contribution in [1.29, 1.82) is 0 Å². The number of ether oxygens (including phenoxy) is 1. The van der Waals surface area contributed by atoms with Crippen LogP contribution in [0.1, 0.15) is 18.4 Å². The van der Waals surface area contributed by atoms with Crippen LogP contribution in [0.15, 0.2) is 24.3 Å². The molecule has 2 N–H and O–H groups in total. The Kier molecular flexibility index (Phi) is 4.80. The second-order valence-electron chi connectivity index (χ2n) is 5.15. The molecule has 2 rings (SSSR count). The van der Waals surface area contributed by atoms with Crippen LogP contribution < -0.4 is 4.74 Å². The number of carbonyl (C=O) groups excluding carboxylic acids is 1. The van der Waals surface area contributed by atoms with Crippen molar-refractivity contribution in [3.63, 3.8) is 0 Å². The number of β-amino-alcohol motifs (C(OH)–C–C–N with tert-alkyl or cyclic N) is 1. The number of hydrogen-bond acceptors (Lipinski definition) is 4. The number of hydrogen-bond donors (Lipinski definition) is 2. The van der Waals surface area contributed by atoms with E-state index in [4.69, 9.17) is 9.84 Å². The van der Waals surface area contributed by atoms with E-state index in [1.54, 1.807) is 0 Å². The lowest BCUT2D eigenvalue weighted by Gasteiger charge is -2.21. The summed E-state index contributed by atoms with van der Waals surface area (Å²) in [5, 5.41) is 18.6. The lowest BCUT2D eigenvalue weighted by Crippen LogP contribution is -2.41. The first-order valence-electron chi connectivity index (χ1n) is 6.88. The highest BCUT2D eigenvalue weighted by Gasteiger charge is 2.38. The normalized spacial score (nSPS) is 21.3. The molecule has 0 bridgehead atoms. The summed E-state index contributed by atoms with van der Waals surface area (Å²) in [6.45, 7) is 2.16. The number of carboxylic acids is 1. The van der Waals surface area contributed by atoms with E-state index in [2.05, 4.69) is 0 Å². The van der Waals surface area contributed by atoms with Gasteiger partial charge in [-0.3, -0.25) is 4.79 Å². The summed E-state index contributed by atoms with van der Waals surface area (Å²) in [4.78, 5) is 24.3. The Balaban J connectivity index is 1.87. The molecule has 1 fully saturated rings. The molecule has 114 valence electrons. The Morgan fingerprint density at radius 1 is 1.38 bits per heavy atom. The highest BCUT2D eigenvalue weighted by molar-refractivity contribution is 5.84. The molecule has 6 heteroatoms. The molecule has 0 unspecified atom stereocenters. The van der Waals surface area contributed by atoms with E-state index < -0.39 is 18.1 Å². The predicted octanol–water partition coefficient (Wildman–Crippen LogP) is 0.810. The number of rotatable bonds is 5. The Morgan fingerprint density at radius 3 is 2.76 bits per heavy atom. The number of nitrogens with zero attached hydrogens (tertiary/aromatic N) is 1. The number of aliphatic hydroxyl groups is 1. The lowest BCUT2D eigenvalue weighted by molar-refractivity contribution is -0.148. The van der Waals surface area contributed by atoms with Crippen LogP contribution in [0.2, 0.25) is 0 Å². The second kappa shape index (κ2) is 6.58. The number of carboxylic acid groups (broad SMARTS) is 1. The van der Waals surface area contributed by atoms with Crippen molar-refractivity contribution in [2.75, 3.05) is 13.2 Å². The van der Waals surface area contributed by atoms with Gasteiger partial charge < -0.3 is 19.8 Å². The monoisotopic (exact) mass is 293 g/mol. The third-order valence-corrected chi connectivity index (χ3v) is 3.55. The molecule has 21 heavy (non-hydrogen) atoms. The third kappa shape index (κ3) is 3.72. The van der Waals surface area contributed by atoms with Gasteiger partial charge >= 0.3 is 5.97 Å². The number of aliphatic carboxylic acids is 1. The highest BCUT2D eigenvalue weighted by atomic mass is 16.5. The molecule has 0 spiro atoms. The molecule has 0 saturated carbocycles. The second-order valence-corrected chi connectivity index (χ2v) is 5.15. The maximum absolute atomic E-state index is 12.1. The van der Waals surface area contributed by atoms with Crippen LogP contribution in [-0.4, -0.2) is 52.3 Å². The maximum Gasteiger partial charge on any atom is 0.326 e. The largest absolute Gasteiger partial charge is 0.493 e. The fourth-order valence-corrected chi connectivity index (χ4v) is 2.43. The average Bonchev–Trinajstić information content (AvgIpc) is 2.83. The van der Waals surface area contributed by atoms with Crippen molar-refractivity contribution in [1.82, 2.24) is 4.90 Å². The Labute approximate surface area is 122 Å². The van der Waals surface area contributed by atoms with Crippen LogP contribution in [0.3, 0.4) is 0 Å². The number of amides is 1. The van der Waals surface area contributed by atoms with Crippen LogP contribution in [-0.2, 0) is 9.59 Å². The van der Waals surface area contributed by atoms with Crippen LogP contribution in [0.5, 0.6) is 5.75 Å². The predicted molar refractivity (Wildman–Crippen MR) is 75.1 cm³/mol. The van der Waals surface area contributed by atoms with E-state index in [-0.39, 0.29) is 31.9 Å². The van der Waals surface area contributed by atoms with Gasteiger partial charge in [0.1, 0.15) is 11.8 Å². The number of aryl methyl sites for hydroxylation is 1. The van der Waals surface area contributed by atoms with Gasteiger partial charge in [0.25, 0.3) is 0 Å². The smallest absolute Gasteiger partial charge is 0.326 e. The first kappa shape index (κ1) is 15.3. The Morgan fingerprint density at radius 2 is 2.10 bits per heavy atom. The van der Waals surface area contributed by atoms with E-state index in [1.807, 2.05) is 31.2 Å². The van der Waals surface area contributed by atoms with Gasteiger partial charge in [-0.1, -0.05) is 18.2 Å². The minimum Gasteiger partial charge on any atom is -0.493 e. The van der Waals surface area contributed by atoms with E-state index in [0.29, 0.717) is 5.75 Å². The number of benzene rings is 1. The topological polar surface area (TPSA) is 87.1 Å². The first-order chi connectivity index (χ1) is 9.99. The number of aliphatic hydroxyl groups excluding tert-OH is 1. The molecule has 0 aliphatic carbocycles. The van der Waals surface area contributed by atoms with E-state index in [1.165, 1.54) is 4.90 Å². The summed E-state index contributed by atoms with van der Waals surface area (Å²) in [6, 6.07) is 6.54. The SMILES string of the molecule is Cc1ccccc1OCCC(=O)N1C[C@@H](O)C[C@H]1C(=O)O. The molecular weight excluding hydrogens is 274 g/mol. The van der Waals surface area contributed by atoms with Gasteiger partial charge in [0.15, 0.2) is 0 Å². The molecule has 1 aromatic carbocycles. The summed E-state index contributed by atoms with van der Waals surface area (Å²) < 4.78 is 5.53. The van der Waals surface area contributed by atoms with Crippen molar-refractivity contribution in [3.05, 3.63) is 29.8 Å².